The van der Waals surface area contributed by atoms with Gasteiger partial charge in [-0.2, -0.15) is 0 Å². The molecule has 0 spiro atoms. The van der Waals surface area contributed by atoms with Crippen molar-refractivity contribution in [3.63, 3.8) is 0 Å². The third-order valence-electron chi connectivity index (χ3n) is 4.48. The number of ether oxygens (including phenoxy) is 3. The van der Waals surface area contributed by atoms with Gasteiger partial charge in [0.15, 0.2) is 11.5 Å². The standard InChI is InChI=1S/C22H20N2O5/c1-27-22-18(23-15-7-5-14(6-8-15)13-20(25)26)10-9-17(24-22)16-3-2-4-19-21(16)29-12-11-28-19/h2-10,23H,11-13H2,1H3,(H,25,26). The number of carboxylic acid groups (broad SMARTS) is 1. The van der Waals surface area contributed by atoms with Crippen molar-refractivity contribution in [3.05, 3.63) is 60.2 Å². The number of aromatic nitrogens is 1. The van der Waals surface area contributed by atoms with Gasteiger partial charge in [-0.3, -0.25) is 4.79 Å². The van der Waals surface area contributed by atoms with Crippen molar-refractivity contribution < 1.29 is 24.1 Å². The molecule has 1 aliphatic heterocycles. The molecule has 2 N–H and O–H groups in total. The van der Waals surface area contributed by atoms with E-state index >= 15 is 0 Å². The minimum atomic E-state index is -0.857. The number of carboxylic acids is 1. The lowest BCUT2D eigenvalue weighted by atomic mass is 10.1. The molecule has 7 nitrogen and oxygen atoms in total. The second kappa shape index (κ2) is 8.10. The Kier molecular flexibility index (Phi) is 5.20. The van der Waals surface area contributed by atoms with Crippen LogP contribution in [0.15, 0.2) is 54.6 Å². The van der Waals surface area contributed by atoms with Crippen LogP contribution in [0.25, 0.3) is 11.3 Å². The van der Waals surface area contributed by atoms with E-state index in [9.17, 15) is 4.79 Å². The van der Waals surface area contributed by atoms with Crippen molar-refractivity contribution in [2.24, 2.45) is 0 Å². The summed E-state index contributed by atoms with van der Waals surface area (Å²) in [5.74, 6) is 0.970. The largest absolute Gasteiger partial charge is 0.486 e. The number of nitrogens with zero attached hydrogens (tertiary/aromatic N) is 1. The van der Waals surface area contributed by atoms with Gasteiger partial charge in [0, 0.05) is 11.3 Å². The highest BCUT2D eigenvalue weighted by Gasteiger charge is 2.18. The van der Waals surface area contributed by atoms with E-state index in [-0.39, 0.29) is 6.42 Å². The first-order valence-electron chi connectivity index (χ1n) is 9.16. The molecule has 3 aromatic rings. The fourth-order valence-corrected chi connectivity index (χ4v) is 3.15. The number of pyridine rings is 1. The third-order valence-corrected chi connectivity index (χ3v) is 4.48. The number of methoxy groups -OCH3 is 1. The number of hydrogen-bond donors (Lipinski definition) is 2. The zero-order valence-electron chi connectivity index (χ0n) is 15.8. The van der Waals surface area contributed by atoms with Gasteiger partial charge in [-0.15, -0.1) is 0 Å². The van der Waals surface area contributed by atoms with Gasteiger partial charge in [-0.1, -0.05) is 18.2 Å². The van der Waals surface area contributed by atoms with Crippen molar-refractivity contribution in [1.82, 2.24) is 4.98 Å². The van der Waals surface area contributed by atoms with Crippen LogP contribution >= 0.6 is 0 Å². The smallest absolute Gasteiger partial charge is 0.307 e. The summed E-state index contributed by atoms with van der Waals surface area (Å²) in [5.41, 5.74) is 3.79. The molecule has 0 radical (unpaired) electrons. The molecule has 0 atom stereocenters. The van der Waals surface area contributed by atoms with Gasteiger partial charge in [0.1, 0.15) is 18.9 Å². The van der Waals surface area contributed by atoms with Crippen molar-refractivity contribution in [2.45, 2.75) is 6.42 Å². The summed E-state index contributed by atoms with van der Waals surface area (Å²) < 4.78 is 16.9. The number of hydrogen-bond acceptors (Lipinski definition) is 6. The second-order valence-electron chi connectivity index (χ2n) is 6.48. The van der Waals surface area contributed by atoms with Gasteiger partial charge >= 0.3 is 5.97 Å². The number of carbonyl (C=O) groups is 1. The van der Waals surface area contributed by atoms with E-state index < -0.39 is 5.97 Å². The number of anilines is 2. The van der Waals surface area contributed by atoms with Crippen molar-refractivity contribution in [3.8, 4) is 28.6 Å². The number of fused-ring (bicyclic) bond motifs is 1. The molecule has 7 heteroatoms. The van der Waals surface area contributed by atoms with E-state index in [4.69, 9.17) is 19.3 Å². The van der Waals surface area contributed by atoms with Crippen LogP contribution in [-0.2, 0) is 11.2 Å². The first-order chi connectivity index (χ1) is 14.1. The maximum absolute atomic E-state index is 10.8. The van der Waals surface area contributed by atoms with Crippen LogP contribution in [0.1, 0.15) is 5.56 Å². The van der Waals surface area contributed by atoms with E-state index in [0.29, 0.717) is 42.0 Å². The maximum atomic E-state index is 10.8. The van der Waals surface area contributed by atoms with Crippen LogP contribution < -0.4 is 19.5 Å². The third kappa shape index (κ3) is 4.08. The van der Waals surface area contributed by atoms with Gasteiger partial charge in [0.25, 0.3) is 0 Å². The Labute approximate surface area is 167 Å². The molecule has 0 bridgehead atoms. The topological polar surface area (TPSA) is 89.9 Å². The van der Waals surface area contributed by atoms with Crippen LogP contribution in [0.2, 0.25) is 0 Å². The molecule has 4 rings (SSSR count). The van der Waals surface area contributed by atoms with E-state index in [0.717, 1.165) is 16.8 Å². The molecule has 0 unspecified atom stereocenters. The van der Waals surface area contributed by atoms with Gasteiger partial charge in [0.05, 0.1) is 19.2 Å². The summed E-state index contributed by atoms with van der Waals surface area (Å²) in [6.45, 7) is 1.03. The lowest BCUT2D eigenvalue weighted by Crippen LogP contribution is -2.16. The summed E-state index contributed by atoms with van der Waals surface area (Å²) in [6.07, 6.45) is -0.00691. The molecule has 0 saturated carbocycles. The molecule has 2 heterocycles. The van der Waals surface area contributed by atoms with Crippen LogP contribution in [0, 0.1) is 0 Å². The Balaban J connectivity index is 1.60. The Morgan fingerprint density at radius 1 is 1.10 bits per heavy atom. The molecule has 1 aliphatic rings. The molecular weight excluding hydrogens is 372 g/mol. The van der Waals surface area contributed by atoms with E-state index in [1.807, 2.05) is 42.5 Å². The number of benzene rings is 2. The minimum absolute atomic E-state index is 0.00691. The Hall–Kier alpha value is -3.74. The minimum Gasteiger partial charge on any atom is -0.486 e. The molecule has 0 fully saturated rings. The van der Waals surface area contributed by atoms with Gasteiger partial charge in [0.2, 0.25) is 5.88 Å². The average Bonchev–Trinajstić information content (AvgIpc) is 2.74. The Bertz CT molecular complexity index is 1030. The molecular formula is C22H20N2O5. The quantitative estimate of drug-likeness (QED) is 0.657. The summed E-state index contributed by atoms with van der Waals surface area (Å²) in [6, 6.07) is 16.7. The first-order valence-corrected chi connectivity index (χ1v) is 9.16. The molecule has 0 saturated heterocycles. The highest BCUT2D eigenvalue weighted by molar-refractivity contribution is 5.75. The van der Waals surface area contributed by atoms with Crippen molar-refractivity contribution in [2.75, 3.05) is 25.6 Å². The summed E-state index contributed by atoms with van der Waals surface area (Å²) in [5, 5.41) is 12.1. The lowest BCUT2D eigenvalue weighted by molar-refractivity contribution is -0.136. The number of nitrogens with one attached hydrogen (secondary N) is 1. The van der Waals surface area contributed by atoms with Gasteiger partial charge in [-0.25, -0.2) is 4.98 Å². The number of para-hydroxylation sites is 1. The van der Waals surface area contributed by atoms with Crippen LogP contribution in [0.4, 0.5) is 11.4 Å². The second-order valence-corrected chi connectivity index (χ2v) is 6.48. The Morgan fingerprint density at radius 2 is 1.90 bits per heavy atom. The summed E-state index contributed by atoms with van der Waals surface area (Å²) in [4.78, 5) is 15.4. The highest BCUT2D eigenvalue weighted by atomic mass is 16.6. The van der Waals surface area contributed by atoms with Crippen molar-refractivity contribution in [1.29, 1.82) is 0 Å². The fourth-order valence-electron chi connectivity index (χ4n) is 3.15. The van der Waals surface area contributed by atoms with E-state index in [1.165, 1.54) is 0 Å². The average molecular weight is 392 g/mol. The number of aliphatic carboxylic acids is 1. The first kappa shape index (κ1) is 18.6. The molecule has 0 aliphatic carbocycles. The van der Waals surface area contributed by atoms with Gasteiger partial charge < -0.3 is 24.6 Å². The highest BCUT2D eigenvalue weighted by Crippen LogP contribution is 2.40. The van der Waals surface area contributed by atoms with Crippen LogP contribution in [0.5, 0.6) is 17.4 Å². The molecule has 29 heavy (non-hydrogen) atoms. The predicted molar refractivity (Wildman–Crippen MR) is 108 cm³/mol. The van der Waals surface area contributed by atoms with E-state index in [1.54, 1.807) is 19.2 Å². The molecule has 0 amide bonds. The fraction of sp³-hybridized carbons (Fsp3) is 0.182. The van der Waals surface area contributed by atoms with Crippen LogP contribution in [0.3, 0.4) is 0 Å². The van der Waals surface area contributed by atoms with E-state index in [2.05, 4.69) is 10.3 Å². The maximum Gasteiger partial charge on any atom is 0.307 e. The summed E-state index contributed by atoms with van der Waals surface area (Å²) >= 11 is 0. The summed E-state index contributed by atoms with van der Waals surface area (Å²) in [7, 11) is 1.56. The lowest BCUT2D eigenvalue weighted by Gasteiger charge is -2.21. The van der Waals surface area contributed by atoms with Crippen LogP contribution in [-0.4, -0.2) is 36.4 Å². The molecule has 148 valence electrons. The zero-order valence-corrected chi connectivity index (χ0v) is 15.8. The van der Waals surface area contributed by atoms with Crippen molar-refractivity contribution >= 4 is 17.3 Å². The predicted octanol–water partition coefficient (Wildman–Crippen LogP) is 3.90. The molecule has 1 aromatic heterocycles. The number of rotatable bonds is 6. The Morgan fingerprint density at radius 3 is 2.66 bits per heavy atom. The normalized spacial score (nSPS) is 12.3. The van der Waals surface area contributed by atoms with Gasteiger partial charge in [-0.05, 0) is 42.0 Å². The zero-order chi connectivity index (χ0) is 20.2. The monoisotopic (exact) mass is 392 g/mol. The SMILES string of the molecule is COc1nc(-c2cccc3c2OCCO3)ccc1Nc1ccc(CC(=O)O)cc1. The molecule has 2 aromatic carbocycles.